The number of benzene rings is 1. The van der Waals surface area contributed by atoms with Crippen LogP contribution in [0.2, 0.25) is 10.0 Å². The van der Waals surface area contributed by atoms with Crippen LogP contribution in [0.4, 0.5) is 5.69 Å². The van der Waals surface area contributed by atoms with Gasteiger partial charge < -0.3 is 0 Å². The van der Waals surface area contributed by atoms with E-state index in [2.05, 4.69) is 0 Å². The highest BCUT2D eigenvalue weighted by molar-refractivity contribution is 8.14. The molecule has 0 amide bonds. The van der Waals surface area contributed by atoms with Crippen LogP contribution < -0.4 is 0 Å². The molecule has 1 aromatic carbocycles. The number of hydrogen-bond acceptors (Lipinski definition) is 5. The van der Waals surface area contributed by atoms with Crippen LogP contribution in [0.5, 0.6) is 0 Å². The second-order valence-electron chi connectivity index (χ2n) is 3.08. The molecule has 1 aromatic rings. The zero-order chi connectivity index (χ0) is 13.9. The van der Waals surface area contributed by atoms with Crippen molar-refractivity contribution in [1.82, 2.24) is 0 Å². The van der Waals surface area contributed by atoms with Crippen LogP contribution in [-0.2, 0) is 9.05 Å². The minimum absolute atomic E-state index is 0.0673. The van der Waals surface area contributed by atoms with Gasteiger partial charge in [0.2, 0.25) is 9.05 Å². The van der Waals surface area contributed by atoms with Crippen LogP contribution in [0.3, 0.4) is 0 Å². The third-order valence-corrected chi connectivity index (χ3v) is 4.96. The van der Waals surface area contributed by atoms with Gasteiger partial charge in [0.15, 0.2) is 0 Å². The summed E-state index contributed by atoms with van der Waals surface area (Å²) in [5, 5.41) is 11.0. The summed E-state index contributed by atoms with van der Waals surface area (Å²) in [7, 11) is 1.41. The Bertz CT molecular complexity index is 576. The maximum atomic E-state index is 10.8. The van der Waals surface area contributed by atoms with Crippen LogP contribution in [0.15, 0.2) is 17.0 Å². The van der Waals surface area contributed by atoms with Gasteiger partial charge in [-0.3, -0.25) is 10.1 Å². The molecule has 100 valence electrons. The second-order valence-corrected chi connectivity index (χ2v) is 7.93. The number of nitro groups is 1. The van der Waals surface area contributed by atoms with E-state index in [1.54, 1.807) is 0 Å². The smallest absolute Gasteiger partial charge is 0.258 e. The van der Waals surface area contributed by atoms with E-state index in [-0.39, 0.29) is 32.1 Å². The van der Waals surface area contributed by atoms with Gasteiger partial charge in [0.25, 0.3) is 5.69 Å². The maximum absolute atomic E-state index is 10.8. The molecule has 0 fully saturated rings. The fourth-order valence-corrected chi connectivity index (χ4v) is 3.81. The maximum Gasteiger partial charge on any atom is 0.284 e. The van der Waals surface area contributed by atoms with Gasteiger partial charge in [0.05, 0.1) is 25.6 Å². The molecule has 0 atom stereocenters. The number of rotatable bonds is 5. The molecule has 0 heterocycles. The highest BCUT2D eigenvalue weighted by Crippen LogP contribution is 2.36. The van der Waals surface area contributed by atoms with Crippen molar-refractivity contribution in [2.45, 2.75) is 4.90 Å². The average molecular weight is 351 g/mol. The second kappa shape index (κ2) is 6.29. The number of hydrogen-bond donors (Lipinski definition) is 0. The molecule has 1 rings (SSSR count). The molecule has 0 aliphatic carbocycles. The molecule has 18 heavy (non-hydrogen) atoms. The van der Waals surface area contributed by atoms with E-state index in [0.29, 0.717) is 0 Å². The standard InChI is InChI=1S/C8H6Cl3NO4S2/c9-5-3-7(12(13)14)8(4-6(5)10)17-1-2-18(11,15)16/h3-4H,1-2H2. The molecular weight excluding hydrogens is 345 g/mol. The van der Waals surface area contributed by atoms with Crippen molar-refractivity contribution < 1.29 is 13.3 Å². The lowest BCUT2D eigenvalue weighted by Gasteiger charge is -2.04. The topological polar surface area (TPSA) is 77.3 Å². The van der Waals surface area contributed by atoms with E-state index in [0.717, 1.165) is 17.8 Å². The van der Waals surface area contributed by atoms with Gasteiger partial charge >= 0.3 is 0 Å². The summed E-state index contributed by atoms with van der Waals surface area (Å²) in [6.07, 6.45) is 0. The van der Waals surface area contributed by atoms with E-state index in [9.17, 15) is 18.5 Å². The van der Waals surface area contributed by atoms with E-state index in [1.807, 2.05) is 0 Å². The quantitative estimate of drug-likeness (QED) is 0.351. The Morgan fingerprint density at radius 2 is 1.83 bits per heavy atom. The molecule has 5 nitrogen and oxygen atoms in total. The lowest BCUT2D eigenvalue weighted by Crippen LogP contribution is -2.00. The van der Waals surface area contributed by atoms with Crippen LogP contribution in [0.1, 0.15) is 0 Å². The molecule has 0 unspecified atom stereocenters. The predicted octanol–water partition coefficient (Wildman–Crippen LogP) is 3.56. The average Bonchev–Trinajstić information content (AvgIpc) is 2.20. The molecule has 0 aromatic heterocycles. The van der Waals surface area contributed by atoms with Crippen LogP contribution in [0.25, 0.3) is 0 Å². The zero-order valence-corrected chi connectivity index (χ0v) is 12.5. The Kier molecular flexibility index (Phi) is 5.54. The van der Waals surface area contributed by atoms with Crippen LogP contribution in [0, 0.1) is 10.1 Å². The van der Waals surface area contributed by atoms with Gasteiger partial charge in [0.1, 0.15) is 0 Å². The van der Waals surface area contributed by atoms with Gasteiger partial charge in [-0.15, -0.1) is 11.8 Å². The Morgan fingerprint density at radius 3 is 2.33 bits per heavy atom. The molecule has 0 saturated carbocycles. The molecule has 0 aliphatic rings. The minimum atomic E-state index is -3.62. The van der Waals surface area contributed by atoms with Crippen LogP contribution >= 0.6 is 45.6 Å². The Labute approximate surface area is 122 Å². The van der Waals surface area contributed by atoms with Crippen LogP contribution in [-0.4, -0.2) is 24.8 Å². The molecule has 0 aliphatic heterocycles. The Balaban J connectivity index is 2.94. The third-order valence-electron chi connectivity index (χ3n) is 1.78. The van der Waals surface area contributed by atoms with Crippen molar-refractivity contribution in [3.63, 3.8) is 0 Å². The predicted molar refractivity (Wildman–Crippen MR) is 73.5 cm³/mol. The molecule has 10 heteroatoms. The number of nitrogens with zero attached hydrogens (tertiary/aromatic N) is 1. The van der Waals surface area contributed by atoms with Crippen molar-refractivity contribution >= 4 is 60.4 Å². The van der Waals surface area contributed by atoms with Gasteiger partial charge in [-0.25, -0.2) is 8.42 Å². The Morgan fingerprint density at radius 1 is 1.28 bits per heavy atom. The summed E-state index contributed by atoms with van der Waals surface area (Å²) < 4.78 is 21.5. The molecule has 0 spiro atoms. The number of halogens is 3. The van der Waals surface area contributed by atoms with Gasteiger partial charge in [-0.2, -0.15) is 0 Å². The number of nitro benzene ring substituents is 1. The summed E-state index contributed by atoms with van der Waals surface area (Å²) in [4.78, 5) is 10.4. The zero-order valence-electron chi connectivity index (χ0n) is 8.60. The molecule has 0 N–H and O–H groups in total. The highest BCUT2D eigenvalue weighted by atomic mass is 35.7. The first-order chi connectivity index (χ1) is 8.20. The summed E-state index contributed by atoms with van der Waals surface area (Å²) in [6.45, 7) is 0. The fraction of sp³-hybridized carbons (Fsp3) is 0.250. The fourth-order valence-electron chi connectivity index (χ4n) is 1.03. The van der Waals surface area contributed by atoms with E-state index in [1.165, 1.54) is 6.07 Å². The lowest BCUT2D eigenvalue weighted by molar-refractivity contribution is -0.387. The summed E-state index contributed by atoms with van der Waals surface area (Å²) in [5.74, 6) is -0.207. The monoisotopic (exact) mass is 349 g/mol. The van der Waals surface area contributed by atoms with Crippen molar-refractivity contribution in [3.8, 4) is 0 Å². The van der Waals surface area contributed by atoms with Crippen molar-refractivity contribution in [2.75, 3.05) is 11.5 Å². The third kappa shape index (κ3) is 4.81. The molecule has 0 saturated heterocycles. The largest absolute Gasteiger partial charge is 0.284 e. The lowest BCUT2D eigenvalue weighted by atomic mass is 10.3. The normalized spacial score (nSPS) is 11.5. The first-order valence-electron chi connectivity index (χ1n) is 4.39. The number of thioether (sulfide) groups is 1. The van der Waals surface area contributed by atoms with Crippen molar-refractivity contribution in [1.29, 1.82) is 0 Å². The van der Waals surface area contributed by atoms with Crippen molar-refractivity contribution in [3.05, 3.63) is 32.3 Å². The van der Waals surface area contributed by atoms with Gasteiger partial charge in [-0.1, -0.05) is 23.2 Å². The van der Waals surface area contributed by atoms with E-state index >= 15 is 0 Å². The highest BCUT2D eigenvalue weighted by Gasteiger charge is 2.18. The van der Waals surface area contributed by atoms with Gasteiger partial charge in [-0.05, 0) is 6.07 Å². The van der Waals surface area contributed by atoms with E-state index in [4.69, 9.17) is 33.9 Å². The molecule has 0 bridgehead atoms. The summed E-state index contributed by atoms with van der Waals surface area (Å²) in [5.41, 5.74) is -0.221. The minimum Gasteiger partial charge on any atom is -0.258 e. The first-order valence-corrected chi connectivity index (χ1v) is 8.61. The summed E-state index contributed by atoms with van der Waals surface area (Å²) >= 11 is 12.4. The SMILES string of the molecule is O=[N+]([O-])c1cc(Cl)c(Cl)cc1SCCS(=O)(=O)Cl. The van der Waals surface area contributed by atoms with E-state index < -0.39 is 14.0 Å². The summed E-state index contributed by atoms with van der Waals surface area (Å²) in [6, 6.07) is 2.45. The first kappa shape index (κ1) is 15.8. The Hall–Kier alpha value is -0.210. The molecular formula is C8H6Cl3NO4S2. The molecule has 0 radical (unpaired) electrons. The van der Waals surface area contributed by atoms with Gasteiger partial charge in [0, 0.05) is 22.5 Å². The van der Waals surface area contributed by atoms with Crippen molar-refractivity contribution in [2.24, 2.45) is 0 Å².